The highest BCUT2D eigenvalue weighted by Gasteiger charge is 2.19. The summed E-state index contributed by atoms with van der Waals surface area (Å²) in [7, 11) is 0. The van der Waals surface area contributed by atoms with Gasteiger partial charge in [0, 0.05) is 0 Å². The highest BCUT2D eigenvalue weighted by Crippen LogP contribution is 2.39. The van der Waals surface area contributed by atoms with Crippen LogP contribution in [-0.4, -0.2) is 0 Å². The molecule has 1 aliphatic carbocycles. The molecule has 0 radical (unpaired) electrons. The van der Waals surface area contributed by atoms with Crippen molar-refractivity contribution in [3.63, 3.8) is 0 Å². The highest BCUT2D eigenvalue weighted by molar-refractivity contribution is 6.01. The van der Waals surface area contributed by atoms with Crippen LogP contribution in [0.15, 0.2) is 60.2 Å². The van der Waals surface area contributed by atoms with Crippen molar-refractivity contribution in [3.05, 3.63) is 76.9 Å². The third-order valence-electron chi connectivity index (χ3n) is 5.07. The molecule has 0 unspecified atom stereocenters. The van der Waals surface area contributed by atoms with E-state index in [0.717, 1.165) is 6.42 Å². The first-order valence-corrected chi connectivity index (χ1v) is 8.46. The fourth-order valence-corrected chi connectivity index (χ4v) is 3.75. The Bertz CT molecular complexity index is 921. The monoisotopic (exact) mass is 298 g/mol. The Kier molecular flexibility index (Phi) is 3.34. The number of rotatable bonds is 2. The minimum absolute atomic E-state index is 0.615. The Hall–Kier alpha value is -2.34. The van der Waals surface area contributed by atoms with Crippen molar-refractivity contribution in [3.8, 4) is 11.1 Å². The zero-order chi connectivity index (χ0) is 16.0. The predicted molar refractivity (Wildman–Crippen MR) is 101 cm³/mol. The molecule has 0 heterocycles. The van der Waals surface area contributed by atoms with Gasteiger partial charge in [-0.25, -0.2) is 0 Å². The fraction of sp³-hybridized carbons (Fsp3) is 0.217. The average molecular weight is 298 g/mol. The molecule has 0 aromatic heterocycles. The maximum atomic E-state index is 2.42. The Morgan fingerprint density at radius 3 is 2.30 bits per heavy atom. The Labute approximate surface area is 138 Å². The maximum absolute atomic E-state index is 2.42. The molecule has 0 amide bonds. The van der Waals surface area contributed by atoms with Crippen LogP contribution in [0.3, 0.4) is 0 Å². The van der Waals surface area contributed by atoms with Crippen LogP contribution in [-0.2, 0) is 6.42 Å². The van der Waals surface area contributed by atoms with Crippen LogP contribution < -0.4 is 0 Å². The summed E-state index contributed by atoms with van der Waals surface area (Å²) < 4.78 is 0. The van der Waals surface area contributed by atoms with Gasteiger partial charge < -0.3 is 0 Å². The summed E-state index contributed by atoms with van der Waals surface area (Å²) in [4.78, 5) is 0. The van der Waals surface area contributed by atoms with Gasteiger partial charge >= 0.3 is 0 Å². The van der Waals surface area contributed by atoms with Crippen LogP contribution in [0.1, 0.15) is 30.5 Å². The van der Waals surface area contributed by atoms with E-state index in [2.05, 4.69) is 81.4 Å². The Morgan fingerprint density at radius 2 is 1.52 bits per heavy atom. The van der Waals surface area contributed by atoms with Crippen molar-refractivity contribution in [2.75, 3.05) is 0 Å². The van der Waals surface area contributed by atoms with Gasteiger partial charge in [0.1, 0.15) is 0 Å². The second-order valence-corrected chi connectivity index (χ2v) is 6.91. The van der Waals surface area contributed by atoms with Gasteiger partial charge in [-0.05, 0) is 57.9 Å². The quantitative estimate of drug-likeness (QED) is 0.512. The molecular weight excluding hydrogens is 276 g/mol. The first-order valence-electron chi connectivity index (χ1n) is 8.46. The average Bonchev–Trinajstić information content (AvgIpc) is 2.99. The number of hydrogen-bond acceptors (Lipinski definition) is 0. The van der Waals surface area contributed by atoms with Gasteiger partial charge in [0.15, 0.2) is 0 Å². The van der Waals surface area contributed by atoms with Gasteiger partial charge in [-0.1, -0.05) is 80.1 Å². The minimum Gasteiger partial charge on any atom is -0.0626 e. The summed E-state index contributed by atoms with van der Waals surface area (Å²) in [5.74, 6) is 0.615. The van der Waals surface area contributed by atoms with E-state index >= 15 is 0 Å². The van der Waals surface area contributed by atoms with Gasteiger partial charge in [0.05, 0.1) is 0 Å². The van der Waals surface area contributed by atoms with Crippen molar-refractivity contribution >= 4 is 16.8 Å². The number of allylic oxidation sites excluding steroid dienone is 1. The SMILES string of the molecule is Cc1cccc2cccc(-c3cccc4c3C=C(C(C)C)C4)c12. The number of benzene rings is 3. The van der Waals surface area contributed by atoms with Crippen LogP contribution in [0, 0.1) is 12.8 Å². The van der Waals surface area contributed by atoms with Crippen LogP contribution in [0.25, 0.3) is 28.0 Å². The van der Waals surface area contributed by atoms with Crippen LogP contribution in [0.4, 0.5) is 0 Å². The van der Waals surface area contributed by atoms with Gasteiger partial charge in [-0.15, -0.1) is 0 Å². The molecule has 0 bridgehead atoms. The number of hydrogen-bond donors (Lipinski definition) is 0. The molecule has 114 valence electrons. The van der Waals surface area contributed by atoms with Gasteiger partial charge in [0.25, 0.3) is 0 Å². The van der Waals surface area contributed by atoms with Crippen LogP contribution in [0.5, 0.6) is 0 Å². The fourth-order valence-electron chi connectivity index (χ4n) is 3.75. The molecule has 0 saturated carbocycles. The predicted octanol–water partition coefficient (Wildman–Crippen LogP) is 6.41. The molecule has 0 spiro atoms. The van der Waals surface area contributed by atoms with E-state index in [0.29, 0.717) is 5.92 Å². The van der Waals surface area contributed by atoms with Crippen molar-refractivity contribution in [1.29, 1.82) is 0 Å². The second-order valence-electron chi connectivity index (χ2n) is 6.91. The van der Waals surface area contributed by atoms with E-state index in [1.165, 1.54) is 38.6 Å². The van der Waals surface area contributed by atoms with Crippen molar-refractivity contribution < 1.29 is 0 Å². The normalized spacial score (nSPS) is 13.5. The van der Waals surface area contributed by atoms with Crippen molar-refractivity contribution in [2.24, 2.45) is 5.92 Å². The molecule has 1 aliphatic rings. The van der Waals surface area contributed by atoms with E-state index in [1.54, 1.807) is 5.57 Å². The summed E-state index contributed by atoms with van der Waals surface area (Å²) in [6.07, 6.45) is 3.52. The molecule has 0 fully saturated rings. The smallest absolute Gasteiger partial charge is 0.00550 e. The number of fused-ring (bicyclic) bond motifs is 2. The van der Waals surface area contributed by atoms with Crippen molar-refractivity contribution in [1.82, 2.24) is 0 Å². The Balaban J connectivity index is 2.00. The minimum atomic E-state index is 0.615. The lowest BCUT2D eigenvalue weighted by molar-refractivity contribution is 0.754. The molecule has 23 heavy (non-hydrogen) atoms. The lowest BCUT2D eigenvalue weighted by Crippen LogP contribution is -1.93. The molecule has 4 rings (SSSR count). The topological polar surface area (TPSA) is 0 Å². The van der Waals surface area contributed by atoms with E-state index in [-0.39, 0.29) is 0 Å². The lowest BCUT2D eigenvalue weighted by Gasteiger charge is -2.13. The molecule has 0 nitrogen and oxygen atoms in total. The summed E-state index contributed by atoms with van der Waals surface area (Å²) in [5.41, 5.74) is 8.52. The van der Waals surface area contributed by atoms with Gasteiger partial charge in [-0.2, -0.15) is 0 Å². The molecule has 0 N–H and O–H groups in total. The molecule has 0 saturated heterocycles. The first kappa shape index (κ1) is 14.3. The van der Waals surface area contributed by atoms with E-state index in [9.17, 15) is 0 Å². The largest absolute Gasteiger partial charge is 0.0626 e. The third-order valence-corrected chi connectivity index (χ3v) is 5.07. The van der Waals surface area contributed by atoms with Gasteiger partial charge in [-0.3, -0.25) is 0 Å². The zero-order valence-corrected chi connectivity index (χ0v) is 14.1. The molecule has 0 aliphatic heterocycles. The summed E-state index contributed by atoms with van der Waals surface area (Å²) >= 11 is 0. The van der Waals surface area contributed by atoms with Crippen LogP contribution >= 0.6 is 0 Å². The van der Waals surface area contributed by atoms with E-state index < -0.39 is 0 Å². The molecule has 0 atom stereocenters. The standard InChI is InChI=1S/C23H22/c1-15(2)19-13-18-10-6-11-20(22(18)14-19)21-12-5-9-17-8-4-7-16(3)23(17)21/h4-12,14-15H,13H2,1-3H3. The van der Waals surface area contributed by atoms with Crippen molar-refractivity contribution in [2.45, 2.75) is 27.2 Å². The summed E-state index contributed by atoms with van der Waals surface area (Å²) in [5, 5.41) is 2.71. The number of aryl methyl sites for hydroxylation is 1. The second kappa shape index (κ2) is 5.38. The lowest BCUT2D eigenvalue weighted by atomic mass is 9.91. The highest BCUT2D eigenvalue weighted by atomic mass is 14.2. The molecule has 3 aromatic carbocycles. The molecular formula is C23H22. The molecule has 3 aromatic rings. The van der Waals surface area contributed by atoms with Gasteiger partial charge in [0.2, 0.25) is 0 Å². The third kappa shape index (κ3) is 2.30. The zero-order valence-electron chi connectivity index (χ0n) is 14.1. The molecule has 0 heteroatoms. The van der Waals surface area contributed by atoms with Crippen LogP contribution in [0.2, 0.25) is 0 Å². The Morgan fingerprint density at radius 1 is 0.826 bits per heavy atom. The van der Waals surface area contributed by atoms with E-state index in [4.69, 9.17) is 0 Å². The first-order chi connectivity index (χ1) is 11.1. The summed E-state index contributed by atoms with van der Waals surface area (Å²) in [6, 6.07) is 20.0. The summed E-state index contributed by atoms with van der Waals surface area (Å²) in [6.45, 7) is 6.79. The maximum Gasteiger partial charge on any atom is -0.00550 e. The van der Waals surface area contributed by atoms with E-state index in [1.807, 2.05) is 0 Å².